The zero-order valence-electron chi connectivity index (χ0n) is 15.1. The van der Waals surface area contributed by atoms with Crippen LogP contribution >= 0.6 is 0 Å². The van der Waals surface area contributed by atoms with Crippen molar-refractivity contribution in [2.45, 2.75) is 18.9 Å². The smallest absolute Gasteiger partial charge is 0.269 e. The summed E-state index contributed by atoms with van der Waals surface area (Å²) >= 11 is 0. The average molecular weight is 354 g/mol. The lowest BCUT2D eigenvalue weighted by Crippen LogP contribution is -2.31. The number of nitrogens with zero attached hydrogens (tertiary/aromatic N) is 5. The maximum absolute atomic E-state index is 12.9. The number of aromatic nitrogens is 3. The second kappa shape index (κ2) is 7.47. The van der Waals surface area contributed by atoms with Gasteiger partial charge >= 0.3 is 0 Å². The van der Waals surface area contributed by atoms with Gasteiger partial charge in [0.05, 0.1) is 17.3 Å². The fourth-order valence-corrected chi connectivity index (χ4v) is 3.02. The van der Waals surface area contributed by atoms with Gasteiger partial charge in [-0.1, -0.05) is 0 Å². The van der Waals surface area contributed by atoms with Crippen LogP contribution in [-0.4, -0.2) is 59.6 Å². The largest absolute Gasteiger partial charge is 0.361 e. The lowest BCUT2D eigenvalue weighted by atomic mass is 10.1. The molecule has 26 heavy (non-hydrogen) atoms. The van der Waals surface area contributed by atoms with Crippen LogP contribution in [0.4, 0.5) is 5.82 Å². The molecule has 3 heterocycles. The zero-order valence-corrected chi connectivity index (χ0v) is 15.1. The third kappa shape index (κ3) is 3.49. The molecule has 0 saturated carbocycles. The summed E-state index contributed by atoms with van der Waals surface area (Å²) in [7, 11) is 5.36. The number of pyridine rings is 1. The normalized spacial score (nSPS) is 16.4. The first-order valence-electron chi connectivity index (χ1n) is 8.51. The minimum absolute atomic E-state index is 0.0928. The SMILES string of the molecule is CNC(=O)c1ccc(C(=O)N2CCCC2c2ccc(N(C)C)nn2)cn1. The van der Waals surface area contributed by atoms with Crippen molar-refractivity contribution in [3.63, 3.8) is 0 Å². The van der Waals surface area contributed by atoms with Gasteiger partial charge in [-0.15, -0.1) is 5.10 Å². The van der Waals surface area contributed by atoms with E-state index in [-0.39, 0.29) is 23.6 Å². The highest BCUT2D eigenvalue weighted by Gasteiger charge is 2.32. The summed E-state index contributed by atoms with van der Waals surface area (Å²) in [6.45, 7) is 0.664. The van der Waals surface area contributed by atoms with Crippen LogP contribution in [-0.2, 0) is 0 Å². The molecule has 0 aromatic carbocycles. The van der Waals surface area contributed by atoms with Crippen molar-refractivity contribution in [3.8, 4) is 0 Å². The van der Waals surface area contributed by atoms with E-state index in [2.05, 4.69) is 20.5 Å². The van der Waals surface area contributed by atoms with E-state index in [1.54, 1.807) is 24.1 Å². The maximum Gasteiger partial charge on any atom is 0.269 e. The van der Waals surface area contributed by atoms with Crippen LogP contribution in [0.2, 0.25) is 0 Å². The van der Waals surface area contributed by atoms with E-state index in [0.29, 0.717) is 12.1 Å². The Bertz CT molecular complexity index is 788. The van der Waals surface area contributed by atoms with Crippen molar-refractivity contribution < 1.29 is 9.59 Å². The molecule has 1 unspecified atom stereocenters. The van der Waals surface area contributed by atoms with Crippen LogP contribution in [0.5, 0.6) is 0 Å². The first kappa shape index (κ1) is 17.8. The predicted octanol–water partition coefficient (Wildman–Crippen LogP) is 1.27. The monoisotopic (exact) mass is 354 g/mol. The van der Waals surface area contributed by atoms with Gasteiger partial charge in [-0.25, -0.2) is 0 Å². The minimum Gasteiger partial charge on any atom is -0.361 e. The highest BCUT2D eigenvalue weighted by Crippen LogP contribution is 2.32. The third-order valence-electron chi connectivity index (χ3n) is 4.45. The van der Waals surface area contributed by atoms with Gasteiger partial charge in [0.1, 0.15) is 5.69 Å². The number of nitrogens with one attached hydrogen (secondary N) is 1. The summed E-state index contributed by atoms with van der Waals surface area (Å²) in [6, 6.07) is 6.93. The number of carbonyl (C=O) groups excluding carboxylic acids is 2. The standard InChI is InChI=1S/C18H22N6O2/c1-19-17(25)14-7-6-12(11-20-14)18(26)24-10-4-5-15(24)13-8-9-16(22-21-13)23(2)3/h6-9,11,15H,4-5,10H2,1-3H3,(H,19,25). The van der Waals surface area contributed by atoms with E-state index in [9.17, 15) is 9.59 Å². The van der Waals surface area contributed by atoms with Gasteiger partial charge in [-0.05, 0) is 37.1 Å². The van der Waals surface area contributed by atoms with Crippen molar-refractivity contribution in [1.29, 1.82) is 0 Å². The third-order valence-corrected chi connectivity index (χ3v) is 4.45. The van der Waals surface area contributed by atoms with Gasteiger partial charge in [-0.3, -0.25) is 14.6 Å². The molecule has 0 radical (unpaired) electrons. The van der Waals surface area contributed by atoms with Gasteiger partial charge in [0.15, 0.2) is 5.82 Å². The van der Waals surface area contributed by atoms with Crippen molar-refractivity contribution in [2.75, 3.05) is 32.6 Å². The average Bonchev–Trinajstić information content (AvgIpc) is 3.16. The molecule has 1 N–H and O–H groups in total. The molecule has 3 rings (SSSR count). The lowest BCUT2D eigenvalue weighted by molar-refractivity contribution is 0.0731. The van der Waals surface area contributed by atoms with E-state index in [1.807, 2.05) is 31.1 Å². The van der Waals surface area contributed by atoms with Gasteiger partial charge in [-0.2, -0.15) is 5.10 Å². The van der Waals surface area contributed by atoms with Crippen LogP contribution < -0.4 is 10.2 Å². The van der Waals surface area contributed by atoms with Crippen LogP contribution in [0.3, 0.4) is 0 Å². The van der Waals surface area contributed by atoms with E-state index < -0.39 is 0 Å². The molecule has 1 aliphatic rings. The Labute approximate surface area is 152 Å². The molecule has 2 amide bonds. The highest BCUT2D eigenvalue weighted by molar-refractivity contribution is 5.96. The summed E-state index contributed by atoms with van der Waals surface area (Å²) in [6.07, 6.45) is 3.21. The van der Waals surface area contributed by atoms with Crippen LogP contribution in [0.25, 0.3) is 0 Å². The second-order valence-electron chi connectivity index (χ2n) is 6.38. The van der Waals surface area contributed by atoms with Crippen LogP contribution in [0.15, 0.2) is 30.5 Å². The summed E-state index contributed by atoms with van der Waals surface area (Å²) in [5, 5.41) is 11.0. The molecule has 2 aromatic rings. The molecule has 0 aliphatic carbocycles. The van der Waals surface area contributed by atoms with E-state index in [1.165, 1.54) is 6.20 Å². The van der Waals surface area contributed by atoms with Crippen molar-refractivity contribution in [1.82, 2.24) is 25.4 Å². The predicted molar refractivity (Wildman–Crippen MR) is 97.0 cm³/mol. The summed E-state index contributed by atoms with van der Waals surface area (Å²) < 4.78 is 0. The number of hydrogen-bond donors (Lipinski definition) is 1. The molecule has 1 fully saturated rings. The number of amides is 2. The van der Waals surface area contributed by atoms with Crippen molar-refractivity contribution >= 4 is 17.6 Å². The Morgan fingerprint density at radius 1 is 1.19 bits per heavy atom. The minimum atomic E-state index is -0.278. The number of anilines is 1. The van der Waals surface area contributed by atoms with Crippen molar-refractivity contribution in [2.24, 2.45) is 0 Å². The molecule has 1 saturated heterocycles. The zero-order chi connectivity index (χ0) is 18.7. The molecule has 136 valence electrons. The van der Waals surface area contributed by atoms with E-state index in [0.717, 1.165) is 24.4 Å². The molecule has 8 nitrogen and oxygen atoms in total. The molecule has 2 aromatic heterocycles. The Morgan fingerprint density at radius 3 is 2.58 bits per heavy atom. The molecule has 0 spiro atoms. The molecular weight excluding hydrogens is 332 g/mol. The Balaban J connectivity index is 1.78. The van der Waals surface area contributed by atoms with Gasteiger partial charge < -0.3 is 15.1 Å². The molecule has 1 aliphatic heterocycles. The van der Waals surface area contributed by atoms with Gasteiger partial charge in [0.2, 0.25) is 0 Å². The van der Waals surface area contributed by atoms with Gasteiger partial charge in [0, 0.05) is 33.9 Å². The highest BCUT2D eigenvalue weighted by atomic mass is 16.2. The Morgan fingerprint density at radius 2 is 2.00 bits per heavy atom. The molecule has 0 bridgehead atoms. The van der Waals surface area contributed by atoms with E-state index >= 15 is 0 Å². The van der Waals surface area contributed by atoms with Crippen LogP contribution in [0.1, 0.15) is 45.4 Å². The fraction of sp³-hybridized carbons (Fsp3) is 0.389. The summed E-state index contributed by atoms with van der Waals surface area (Å²) in [4.78, 5) is 32.2. The number of hydrogen-bond acceptors (Lipinski definition) is 6. The Hall–Kier alpha value is -3.03. The van der Waals surface area contributed by atoms with E-state index in [4.69, 9.17) is 0 Å². The fourth-order valence-electron chi connectivity index (χ4n) is 3.02. The summed E-state index contributed by atoms with van der Waals surface area (Å²) in [5.41, 5.74) is 1.53. The number of rotatable bonds is 4. The van der Waals surface area contributed by atoms with Crippen molar-refractivity contribution in [3.05, 3.63) is 47.4 Å². The Kier molecular flexibility index (Phi) is 5.11. The topological polar surface area (TPSA) is 91.3 Å². The second-order valence-corrected chi connectivity index (χ2v) is 6.38. The first-order chi connectivity index (χ1) is 12.5. The van der Waals surface area contributed by atoms with Crippen LogP contribution in [0, 0.1) is 0 Å². The number of carbonyl (C=O) groups is 2. The molecule has 8 heteroatoms. The summed E-state index contributed by atoms with van der Waals surface area (Å²) in [5.74, 6) is 0.389. The molecule has 1 atom stereocenters. The number of likely N-dealkylation sites (tertiary alicyclic amines) is 1. The first-order valence-corrected chi connectivity index (χ1v) is 8.51. The van der Waals surface area contributed by atoms with Gasteiger partial charge in [0.25, 0.3) is 11.8 Å². The lowest BCUT2D eigenvalue weighted by Gasteiger charge is -2.24. The maximum atomic E-state index is 12.9. The quantitative estimate of drug-likeness (QED) is 0.889. The molecular formula is C18H22N6O2.